The van der Waals surface area contributed by atoms with E-state index in [1.165, 1.54) is 18.3 Å². The van der Waals surface area contributed by atoms with E-state index < -0.39 is 11.8 Å². The smallest absolute Gasteiger partial charge is 0.337 e. The highest BCUT2D eigenvalue weighted by Gasteiger charge is 2.18. The van der Waals surface area contributed by atoms with Crippen molar-refractivity contribution in [1.82, 2.24) is 9.97 Å². The molecule has 11 heteroatoms. The summed E-state index contributed by atoms with van der Waals surface area (Å²) in [5.41, 5.74) is 3.19. The Morgan fingerprint density at radius 2 is 2.10 bits per heavy atom. The molecule has 0 aliphatic carbocycles. The van der Waals surface area contributed by atoms with Crippen molar-refractivity contribution in [3.63, 3.8) is 0 Å². The van der Waals surface area contributed by atoms with Crippen LogP contribution in [0.25, 0.3) is 11.3 Å². The maximum Gasteiger partial charge on any atom is 0.337 e. The number of aromatic nitrogens is 2. The van der Waals surface area contributed by atoms with Crippen molar-refractivity contribution >= 4 is 35.6 Å². The van der Waals surface area contributed by atoms with Gasteiger partial charge in [-0.1, -0.05) is 11.6 Å². The van der Waals surface area contributed by atoms with Gasteiger partial charge in [-0.05, 0) is 30.3 Å². The zero-order chi connectivity index (χ0) is 21.8. The fraction of sp³-hybridized carbons (Fsp3) is 0.200. The Balaban J connectivity index is 1.45. The molecule has 0 atom stereocenters. The number of furan rings is 1. The molecule has 2 aromatic heterocycles. The molecule has 3 heterocycles. The van der Waals surface area contributed by atoms with E-state index in [1.54, 1.807) is 23.1 Å². The number of carboxylic acids is 1. The maximum atomic E-state index is 14.1. The first-order valence-corrected chi connectivity index (χ1v) is 9.66. The van der Waals surface area contributed by atoms with Crippen molar-refractivity contribution < 1.29 is 23.4 Å². The first kappa shape index (κ1) is 20.8. The number of halogens is 2. The first-order valence-electron chi connectivity index (χ1n) is 9.28. The highest BCUT2D eigenvalue weighted by molar-refractivity contribution is 6.33. The van der Waals surface area contributed by atoms with Gasteiger partial charge in [0.2, 0.25) is 5.95 Å². The molecule has 9 nitrogen and oxygen atoms in total. The molecule has 0 amide bonds. The third-order valence-corrected chi connectivity index (χ3v) is 4.83. The molecule has 0 unspecified atom stereocenters. The quantitative estimate of drug-likeness (QED) is 0.437. The Kier molecular flexibility index (Phi) is 6.10. The molecule has 0 spiro atoms. The Morgan fingerprint density at radius 1 is 1.29 bits per heavy atom. The van der Waals surface area contributed by atoms with Crippen LogP contribution in [-0.2, 0) is 4.74 Å². The molecular weight excluding hydrogens is 429 g/mol. The van der Waals surface area contributed by atoms with Crippen LogP contribution in [0, 0.1) is 5.82 Å². The molecule has 1 fully saturated rings. The minimum atomic E-state index is -1.12. The van der Waals surface area contributed by atoms with E-state index in [2.05, 4.69) is 20.5 Å². The van der Waals surface area contributed by atoms with Gasteiger partial charge in [-0.2, -0.15) is 10.1 Å². The average molecular weight is 446 g/mol. The Bertz CT molecular complexity index is 1130. The van der Waals surface area contributed by atoms with Gasteiger partial charge in [-0.15, -0.1) is 0 Å². The van der Waals surface area contributed by atoms with Crippen molar-refractivity contribution in [2.24, 2.45) is 5.10 Å². The number of hydrogen-bond acceptors (Lipinski definition) is 8. The van der Waals surface area contributed by atoms with Crippen LogP contribution in [0.3, 0.4) is 0 Å². The topological polar surface area (TPSA) is 113 Å². The number of benzene rings is 1. The number of nitrogens with zero attached hydrogens (tertiary/aromatic N) is 4. The van der Waals surface area contributed by atoms with Gasteiger partial charge in [0, 0.05) is 18.7 Å². The molecule has 3 aromatic rings. The van der Waals surface area contributed by atoms with E-state index in [9.17, 15) is 14.3 Å². The van der Waals surface area contributed by atoms with Gasteiger partial charge in [0.1, 0.15) is 11.5 Å². The minimum Gasteiger partial charge on any atom is -0.478 e. The normalized spacial score (nSPS) is 14.2. The minimum absolute atomic E-state index is 0.0167. The zero-order valence-corrected chi connectivity index (χ0v) is 16.8. The van der Waals surface area contributed by atoms with Crippen LogP contribution >= 0.6 is 11.6 Å². The number of hydrazone groups is 1. The highest BCUT2D eigenvalue weighted by Crippen LogP contribution is 2.26. The molecule has 0 bridgehead atoms. The molecule has 1 aliphatic rings. The van der Waals surface area contributed by atoms with E-state index in [1.807, 2.05) is 0 Å². The van der Waals surface area contributed by atoms with Gasteiger partial charge in [-0.25, -0.2) is 19.6 Å². The van der Waals surface area contributed by atoms with Crippen LogP contribution < -0.4 is 10.3 Å². The van der Waals surface area contributed by atoms with Crippen LogP contribution in [-0.4, -0.2) is 53.6 Å². The summed E-state index contributed by atoms with van der Waals surface area (Å²) in [5, 5.41) is 13.4. The van der Waals surface area contributed by atoms with Crippen molar-refractivity contribution in [1.29, 1.82) is 0 Å². The Labute approximate surface area is 181 Å². The highest BCUT2D eigenvalue weighted by atomic mass is 35.5. The molecule has 31 heavy (non-hydrogen) atoms. The summed E-state index contributed by atoms with van der Waals surface area (Å²) in [6.45, 7) is 2.10. The predicted octanol–water partition coefficient (Wildman–Crippen LogP) is 3.51. The van der Waals surface area contributed by atoms with Crippen LogP contribution in [0.15, 0.2) is 46.0 Å². The van der Waals surface area contributed by atoms with Gasteiger partial charge in [0.25, 0.3) is 0 Å². The van der Waals surface area contributed by atoms with Gasteiger partial charge in [-0.3, -0.25) is 0 Å². The molecule has 2 N–H and O–H groups in total. The van der Waals surface area contributed by atoms with E-state index in [-0.39, 0.29) is 22.4 Å². The van der Waals surface area contributed by atoms with Crippen molar-refractivity contribution in [2.75, 3.05) is 36.6 Å². The third-order valence-electron chi connectivity index (χ3n) is 4.50. The number of morpholine rings is 1. The number of aromatic carboxylic acids is 1. The molecule has 1 aliphatic heterocycles. The van der Waals surface area contributed by atoms with Crippen molar-refractivity contribution in [3.8, 4) is 11.3 Å². The molecular formula is C20H17ClFN5O4. The van der Waals surface area contributed by atoms with Crippen LogP contribution in [0.4, 0.5) is 16.2 Å². The van der Waals surface area contributed by atoms with E-state index in [4.69, 9.17) is 20.8 Å². The second-order valence-electron chi connectivity index (χ2n) is 6.54. The van der Waals surface area contributed by atoms with Crippen LogP contribution in [0.1, 0.15) is 16.1 Å². The standard InChI is InChI=1S/C20H17ClFN5O4/c21-15-3-1-12(9-14(15)19(28)29)17-4-2-13(31-17)10-24-26-20-23-11-16(22)18(25-20)27-5-7-30-8-6-27/h1-4,9-11H,5-8H2,(H,28,29)(H,23,25,26). The molecule has 4 rings (SSSR count). The third kappa shape index (κ3) is 4.81. The second kappa shape index (κ2) is 9.11. The number of rotatable bonds is 6. The maximum absolute atomic E-state index is 14.1. The fourth-order valence-electron chi connectivity index (χ4n) is 2.98. The lowest BCUT2D eigenvalue weighted by Crippen LogP contribution is -2.37. The second-order valence-corrected chi connectivity index (χ2v) is 6.94. The monoisotopic (exact) mass is 445 g/mol. The Hall–Kier alpha value is -3.50. The average Bonchev–Trinajstić information content (AvgIpc) is 3.24. The van der Waals surface area contributed by atoms with Gasteiger partial charge >= 0.3 is 5.97 Å². The van der Waals surface area contributed by atoms with E-state index in [0.717, 1.165) is 6.20 Å². The number of nitrogens with one attached hydrogen (secondary N) is 1. The number of anilines is 2. The zero-order valence-electron chi connectivity index (χ0n) is 16.1. The summed E-state index contributed by atoms with van der Waals surface area (Å²) in [4.78, 5) is 21.1. The summed E-state index contributed by atoms with van der Waals surface area (Å²) in [7, 11) is 0. The van der Waals surface area contributed by atoms with Gasteiger partial charge < -0.3 is 19.2 Å². The Morgan fingerprint density at radius 3 is 2.87 bits per heavy atom. The predicted molar refractivity (Wildman–Crippen MR) is 112 cm³/mol. The number of carboxylic acid groups (broad SMARTS) is 1. The summed E-state index contributed by atoms with van der Waals surface area (Å²) in [6, 6.07) is 7.94. The largest absolute Gasteiger partial charge is 0.478 e. The molecule has 0 saturated carbocycles. The first-order chi connectivity index (χ1) is 15.0. The molecule has 1 aromatic carbocycles. The lowest BCUT2D eigenvalue weighted by Gasteiger charge is -2.27. The summed E-state index contributed by atoms with van der Waals surface area (Å²) in [6.07, 6.45) is 2.49. The van der Waals surface area contributed by atoms with Crippen LogP contribution in [0.5, 0.6) is 0 Å². The van der Waals surface area contributed by atoms with E-state index >= 15 is 0 Å². The fourth-order valence-corrected chi connectivity index (χ4v) is 3.18. The molecule has 1 saturated heterocycles. The van der Waals surface area contributed by atoms with Crippen molar-refractivity contribution in [2.45, 2.75) is 0 Å². The lowest BCUT2D eigenvalue weighted by atomic mass is 10.1. The summed E-state index contributed by atoms with van der Waals surface area (Å²) >= 11 is 5.90. The number of ether oxygens (including phenoxy) is 1. The summed E-state index contributed by atoms with van der Waals surface area (Å²) < 4.78 is 25.0. The van der Waals surface area contributed by atoms with Crippen molar-refractivity contribution in [3.05, 3.63) is 58.7 Å². The van der Waals surface area contributed by atoms with Gasteiger partial charge in [0.05, 0.1) is 36.2 Å². The SMILES string of the molecule is O=C(O)c1cc(-c2ccc(C=NNc3ncc(F)c(N4CCOCC4)n3)o2)ccc1Cl. The number of carbonyl (C=O) groups is 1. The van der Waals surface area contributed by atoms with E-state index in [0.29, 0.717) is 43.4 Å². The summed E-state index contributed by atoms with van der Waals surface area (Å²) in [5.74, 6) is -0.461. The lowest BCUT2D eigenvalue weighted by molar-refractivity contribution is 0.0697. The number of hydrogen-bond donors (Lipinski definition) is 2. The molecule has 0 radical (unpaired) electrons. The van der Waals surface area contributed by atoms with Crippen LogP contribution in [0.2, 0.25) is 5.02 Å². The molecule has 160 valence electrons. The van der Waals surface area contributed by atoms with Gasteiger partial charge in [0.15, 0.2) is 11.6 Å².